The van der Waals surface area contributed by atoms with Crippen LogP contribution in [0.5, 0.6) is 11.6 Å². The van der Waals surface area contributed by atoms with Gasteiger partial charge in [0.2, 0.25) is 5.88 Å². The Morgan fingerprint density at radius 2 is 2.25 bits per heavy atom. The topological polar surface area (TPSA) is 53.3 Å². The number of halogens is 2. The van der Waals surface area contributed by atoms with Crippen LogP contribution in [0.25, 0.3) is 0 Å². The van der Waals surface area contributed by atoms with Crippen LogP contribution in [0.3, 0.4) is 0 Å². The number of hydrogen-bond donors (Lipinski definition) is 0. The Morgan fingerprint density at radius 1 is 1.50 bits per heavy atom. The van der Waals surface area contributed by atoms with Crippen molar-refractivity contribution >= 4 is 21.9 Å². The Balaban J connectivity index is 2.36. The summed E-state index contributed by atoms with van der Waals surface area (Å²) >= 11 is 3.07. The number of carbonyl (C=O) groups is 1. The number of ether oxygens (including phenoxy) is 2. The monoisotopic (exact) mass is 342 g/mol. The predicted octanol–water partition coefficient (Wildman–Crippen LogP) is 3.29. The Labute approximate surface area is 123 Å². The maximum absolute atomic E-state index is 13.9. The largest absolute Gasteiger partial charge is 0.462 e. The number of carbonyl (C=O) groups excluding carboxylic acids is 1. The van der Waals surface area contributed by atoms with Crippen molar-refractivity contribution in [3.63, 3.8) is 0 Å². The van der Waals surface area contributed by atoms with E-state index in [0.717, 1.165) is 0 Å². The fraction of sp³-hybridized carbons (Fsp3) is 0.231. The van der Waals surface area contributed by atoms with Gasteiger partial charge in [-0.3, -0.25) is 0 Å². The molecule has 0 amide bonds. The number of benzene rings is 1. The average Bonchev–Trinajstić information content (AvgIpc) is 2.77. The fourth-order valence-corrected chi connectivity index (χ4v) is 1.91. The van der Waals surface area contributed by atoms with Gasteiger partial charge < -0.3 is 9.47 Å². The predicted molar refractivity (Wildman–Crippen MR) is 73.3 cm³/mol. The van der Waals surface area contributed by atoms with Gasteiger partial charge in [0.1, 0.15) is 5.56 Å². The number of aryl methyl sites for hydroxylation is 1. The van der Waals surface area contributed by atoms with Crippen LogP contribution in [0.4, 0.5) is 4.39 Å². The highest BCUT2D eigenvalue weighted by atomic mass is 79.9. The van der Waals surface area contributed by atoms with Crippen LogP contribution in [-0.4, -0.2) is 22.4 Å². The molecule has 1 aromatic heterocycles. The SMILES string of the molecule is CCOC(=O)c1cnn(C)c1Oc1cccc(Br)c1F. The van der Waals surface area contributed by atoms with E-state index in [4.69, 9.17) is 9.47 Å². The quantitative estimate of drug-likeness (QED) is 0.800. The van der Waals surface area contributed by atoms with Crippen molar-refractivity contribution in [1.82, 2.24) is 9.78 Å². The summed E-state index contributed by atoms with van der Waals surface area (Å²) in [5, 5.41) is 3.92. The molecule has 2 aromatic rings. The van der Waals surface area contributed by atoms with E-state index in [1.54, 1.807) is 26.1 Å². The highest BCUT2D eigenvalue weighted by Gasteiger charge is 2.20. The third-order valence-corrected chi connectivity index (χ3v) is 3.11. The summed E-state index contributed by atoms with van der Waals surface area (Å²) in [6.07, 6.45) is 1.32. The van der Waals surface area contributed by atoms with E-state index >= 15 is 0 Å². The zero-order chi connectivity index (χ0) is 14.7. The summed E-state index contributed by atoms with van der Waals surface area (Å²) in [6.45, 7) is 1.93. The molecule has 106 valence electrons. The first-order chi connectivity index (χ1) is 9.54. The zero-order valence-electron chi connectivity index (χ0n) is 10.9. The maximum Gasteiger partial charge on any atom is 0.345 e. The molecule has 0 saturated heterocycles. The first kappa shape index (κ1) is 14.5. The molecule has 0 bridgehead atoms. The van der Waals surface area contributed by atoms with Gasteiger partial charge in [-0.2, -0.15) is 5.10 Å². The fourth-order valence-electron chi connectivity index (χ4n) is 1.56. The van der Waals surface area contributed by atoms with Gasteiger partial charge in [0.05, 0.1) is 17.3 Å². The molecular formula is C13H12BrFN2O3. The molecule has 0 radical (unpaired) electrons. The maximum atomic E-state index is 13.9. The van der Waals surface area contributed by atoms with E-state index in [-0.39, 0.29) is 28.3 Å². The van der Waals surface area contributed by atoms with Crippen molar-refractivity contribution in [3.05, 3.63) is 40.2 Å². The number of hydrogen-bond acceptors (Lipinski definition) is 4. The third-order valence-electron chi connectivity index (χ3n) is 2.50. The molecule has 20 heavy (non-hydrogen) atoms. The highest BCUT2D eigenvalue weighted by Crippen LogP contribution is 2.30. The lowest BCUT2D eigenvalue weighted by atomic mass is 10.3. The standard InChI is InChI=1S/C13H12BrFN2O3/c1-3-19-13(18)8-7-16-17(2)12(8)20-10-6-4-5-9(14)11(10)15/h4-7H,3H2,1-2H3. The van der Waals surface area contributed by atoms with Crippen LogP contribution in [0.1, 0.15) is 17.3 Å². The molecule has 0 aliphatic rings. The minimum atomic E-state index is -0.564. The van der Waals surface area contributed by atoms with Gasteiger partial charge in [0.25, 0.3) is 0 Å². The lowest BCUT2D eigenvalue weighted by molar-refractivity contribution is 0.0523. The van der Waals surface area contributed by atoms with E-state index in [9.17, 15) is 9.18 Å². The highest BCUT2D eigenvalue weighted by molar-refractivity contribution is 9.10. The molecule has 1 heterocycles. The second kappa shape index (κ2) is 6.04. The molecule has 7 heteroatoms. The molecular weight excluding hydrogens is 331 g/mol. The summed E-state index contributed by atoms with van der Waals surface area (Å²) in [5.74, 6) is -0.997. The van der Waals surface area contributed by atoms with Gasteiger partial charge in [-0.25, -0.2) is 13.9 Å². The van der Waals surface area contributed by atoms with E-state index in [0.29, 0.717) is 0 Å². The second-order valence-corrected chi connectivity index (χ2v) is 4.72. The molecule has 0 saturated carbocycles. The van der Waals surface area contributed by atoms with E-state index in [1.165, 1.54) is 16.9 Å². The van der Waals surface area contributed by atoms with Gasteiger partial charge in [-0.15, -0.1) is 0 Å². The third kappa shape index (κ3) is 2.82. The summed E-state index contributed by atoms with van der Waals surface area (Å²) < 4.78 is 25.9. The van der Waals surface area contributed by atoms with Crippen molar-refractivity contribution in [2.24, 2.45) is 7.05 Å². The normalized spacial score (nSPS) is 10.4. The van der Waals surface area contributed by atoms with Crippen molar-refractivity contribution in [2.45, 2.75) is 6.92 Å². The number of nitrogens with zero attached hydrogens (tertiary/aromatic N) is 2. The molecule has 2 rings (SSSR count). The molecule has 5 nitrogen and oxygen atoms in total. The smallest absolute Gasteiger partial charge is 0.345 e. The van der Waals surface area contributed by atoms with E-state index < -0.39 is 11.8 Å². The van der Waals surface area contributed by atoms with Crippen LogP contribution >= 0.6 is 15.9 Å². The lowest BCUT2D eigenvalue weighted by Crippen LogP contribution is -2.06. The van der Waals surface area contributed by atoms with E-state index in [1.807, 2.05) is 0 Å². The van der Waals surface area contributed by atoms with Crippen molar-refractivity contribution < 1.29 is 18.7 Å². The van der Waals surface area contributed by atoms with Crippen LogP contribution in [0.15, 0.2) is 28.9 Å². The lowest BCUT2D eigenvalue weighted by Gasteiger charge is -2.09. The molecule has 1 aromatic carbocycles. The Morgan fingerprint density at radius 3 is 2.95 bits per heavy atom. The molecule has 0 atom stereocenters. The molecule has 0 aliphatic carbocycles. The zero-order valence-corrected chi connectivity index (χ0v) is 12.5. The summed E-state index contributed by atoms with van der Waals surface area (Å²) in [5.41, 5.74) is 0.147. The van der Waals surface area contributed by atoms with Gasteiger partial charge >= 0.3 is 5.97 Å². The Bertz CT molecular complexity index is 643. The van der Waals surface area contributed by atoms with Crippen LogP contribution in [0, 0.1) is 5.82 Å². The minimum absolute atomic E-state index is 0.00600. The molecule has 0 aliphatic heterocycles. The van der Waals surface area contributed by atoms with Crippen LogP contribution in [0.2, 0.25) is 0 Å². The van der Waals surface area contributed by atoms with Gasteiger partial charge in [0, 0.05) is 7.05 Å². The number of esters is 1. The minimum Gasteiger partial charge on any atom is -0.462 e. The first-order valence-corrected chi connectivity index (χ1v) is 6.64. The van der Waals surface area contributed by atoms with Crippen LogP contribution in [-0.2, 0) is 11.8 Å². The van der Waals surface area contributed by atoms with Crippen molar-refractivity contribution in [1.29, 1.82) is 0 Å². The second-order valence-electron chi connectivity index (χ2n) is 3.86. The van der Waals surface area contributed by atoms with Crippen LogP contribution < -0.4 is 4.74 Å². The number of aromatic nitrogens is 2. The molecule has 0 spiro atoms. The molecule has 0 fully saturated rings. The van der Waals surface area contributed by atoms with Crippen molar-refractivity contribution in [3.8, 4) is 11.6 Å². The Kier molecular flexibility index (Phi) is 4.39. The molecule has 0 unspecified atom stereocenters. The average molecular weight is 343 g/mol. The van der Waals surface area contributed by atoms with Gasteiger partial charge in [-0.05, 0) is 35.0 Å². The van der Waals surface area contributed by atoms with E-state index in [2.05, 4.69) is 21.0 Å². The van der Waals surface area contributed by atoms with Crippen molar-refractivity contribution in [2.75, 3.05) is 6.61 Å². The first-order valence-electron chi connectivity index (χ1n) is 5.85. The van der Waals surface area contributed by atoms with Gasteiger partial charge in [-0.1, -0.05) is 6.07 Å². The van der Waals surface area contributed by atoms with Gasteiger partial charge in [0.15, 0.2) is 11.6 Å². The summed E-state index contributed by atoms with van der Waals surface area (Å²) in [6, 6.07) is 4.64. The summed E-state index contributed by atoms with van der Waals surface area (Å²) in [4.78, 5) is 11.8. The summed E-state index contributed by atoms with van der Waals surface area (Å²) in [7, 11) is 1.59. The Hall–Kier alpha value is -1.89. The molecule has 0 N–H and O–H groups in total. The number of rotatable bonds is 4.